The van der Waals surface area contributed by atoms with Gasteiger partial charge in [0.2, 0.25) is 0 Å². The highest BCUT2D eigenvalue weighted by atomic mass is 79.9. The average molecular weight is 353 g/mol. The van der Waals surface area contributed by atoms with E-state index in [4.69, 9.17) is 0 Å². The quantitative estimate of drug-likeness (QED) is 0.896. The Morgan fingerprint density at radius 3 is 2.67 bits per heavy atom. The Labute approximate surface area is 133 Å². The van der Waals surface area contributed by atoms with Crippen molar-refractivity contribution in [1.82, 2.24) is 19.7 Å². The molecule has 0 saturated carbocycles. The van der Waals surface area contributed by atoms with Gasteiger partial charge in [0.05, 0.1) is 28.6 Å². The van der Waals surface area contributed by atoms with E-state index < -0.39 is 6.10 Å². The van der Waals surface area contributed by atoms with E-state index in [1.165, 1.54) is 0 Å². The van der Waals surface area contributed by atoms with E-state index in [2.05, 4.69) is 30.9 Å². The minimum atomic E-state index is -0.787. The largest absolute Gasteiger partial charge is 0.380 e. The summed E-state index contributed by atoms with van der Waals surface area (Å²) in [5.41, 5.74) is 3.49. The number of aromatic nitrogens is 3. The zero-order valence-electron chi connectivity index (χ0n) is 12.8. The van der Waals surface area contributed by atoms with Crippen LogP contribution in [0.3, 0.4) is 0 Å². The number of aliphatic hydroxyl groups is 1. The number of hydrogen-bond donors (Lipinski definition) is 1. The molecule has 0 saturated heterocycles. The van der Waals surface area contributed by atoms with Crippen molar-refractivity contribution in [1.29, 1.82) is 0 Å². The summed E-state index contributed by atoms with van der Waals surface area (Å²) in [5, 5.41) is 15.0. The molecule has 5 nitrogen and oxygen atoms in total. The van der Waals surface area contributed by atoms with Gasteiger partial charge in [0.1, 0.15) is 6.10 Å². The molecule has 0 amide bonds. The lowest BCUT2D eigenvalue weighted by Crippen LogP contribution is -2.21. The lowest BCUT2D eigenvalue weighted by Gasteiger charge is -2.17. The summed E-state index contributed by atoms with van der Waals surface area (Å²) in [5.74, 6) is 0. The molecule has 0 aromatic carbocycles. The van der Waals surface area contributed by atoms with Gasteiger partial charge in [0.25, 0.3) is 0 Å². The van der Waals surface area contributed by atoms with Crippen LogP contribution in [0, 0.1) is 13.8 Å². The third kappa shape index (κ3) is 3.70. The zero-order valence-corrected chi connectivity index (χ0v) is 14.4. The molecule has 2 aromatic rings. The number of halogens is 1. The van der Waals surface area contributed by atoms with E-state index in [-0.39, 0.29) is 0 Å². The van der Waals surface area contributed by atoms with Crippen LogP contribution in [0.2, 0.25) is 0 Å². The third-order valence-electron chi connectivity index (χ3n) is 3.37. The van der Waals surface area contributed by atoms with Gasteiger partial charge in [-0.25, -0.2) is 0 Å². The van der Waals surface area contributed by atoms with Gasteiger partial charge in [-0.3, -0.25) is 9.67 Å². The molecule has 1 atom stereocenters. The molecule has 114 valence electrons. The lowest BCUT2D eigenvalue weighted by atomic mass is 10.1. The van der Waals surface area contributed by atoms with Crippen LogP contribution in [0.15, 0.2) is 22.9 Å². The Balaban J connectivity index is 2.34. The number of aliphatic hydroxyl groups excluding tert-OH is 1. The van der Waals surface area contributed by atoms with E-state index in [0.717, 1.165) is 34.4 Å². The molecule has 0 aliphatic rings. The van der Waals surface area contributed by atoms with Crippen molar-refractivity contribution < 1.29 is 5.11 Å². The van der Waals surface area contributed by atoms with Gasteiger partial charge in [-0.2, -0.15) is 5.10 Å². The number of pyridine rings is 1. The summed E-state index contributed by atoms with van der Waals surface area (Å²) in [6.45, 7) is 5.53. The van der Waals surface area contributed by atoms with Crippen molar-refractivity contribution >= 4 is 15.9 Å². The second kappa shape index (κ2) is 6.68. The van der Waals surface area contributed by atoms with E-state index in [9.17, 15) is 5.11 Å². The predicted octanol–water partition coefficient (Wildman–Crippen LogP) is 2.30. The molecule has 0 bridgehead atoms. The molecule has 2 aromatic heterocycles. The smallest absolute Gasteiger partial charge is 0.139 e. The fourth-order valence-corrected chi connectivity index (χ4v) is 2.77. The highest BCUT2D eigenvalue weighted by Gasteiger charge is 2.22. The maximum absolute atomic E-state index is 10.7. The number of rotatable bonds is 5. The van der Waals surface area contributed by atoms with E-state index >= 15 is 0 Å². The molecule has 2 rings (SSSR count). The first-order valence-corrected chi connectivity index (χ1v) is 7.66. The van der Waals surface area contributed by atoms with Gasteiger partial charge in [0, 0.05) is 12.7 Å². The second-order valence-electron chi connectivity index (χ2n) is 5.52. The van der Waals surface area contributed by atoms with Crippen LogP contribution in [0.25, 0.3) is 0 Å². The highest BCUT2D eigenvalue weighted by Crippen LogP contribution is 2.29. The normalized spacial score (nSPS) is 12.9. The summed E-state index contributed by atoms with van der Waals surface area (Å²) in [6, 6.07) is 2.03. The second-order valence-corrected chi connectivity index (χ2v) is 6.38. The molecule has 0 aliphatic carbocycles. The first kappa shape index (κ1) is 16.1. The Morgan fingerprint density at radius 2 is 2.05 bits per heavy atom. The molecule has 2 heterocycles. The summed E-state index contributed by atoms with van der Waals surface area (Å²) < 4.78 is 2.63. The average Bonchev–Trinajstić information content (AvgIpc) is 2.77. The van der Waals surface area contributed by atoms with Gasteiger partial charge in [-0.05, 0) is 55.0 Å². The molecule has 1 N–H and O–H groups in total. The Morgan fingerprint density at radius 1 is 1.33 bits per heavy atom. The van der Waals surface area contributed by atoms with Crippen molar-refractivity contribution in [2.45, 2.75) is 26.5 Å². The number of nitrogens with zero attached hydrogens (tertiary/aromatic N) is 4. The number of aryl methyl sites for hydroxylation is 2. The van der Waals surface area contributed by atoms with Gasteiger partial charge in [-0.1, -0.05) is 6.07 Å². The Hall–Kier alpha value is -1.24. The fourth-order valence-electron chi connectivity index (χ4n) is 2.26. The molecule has 6 heteroatoms. The van der Waals surface area contributed by atoms with Crippen LogP contribution in [0.4, 0.5) is 0 Å². The van der Waals surface area contributed by atoms with Gasteiger partial charge in [0.15, 0.2) is 0 Å². The Kier molecular flexibility index (Phi) is 5.13. The van der Waals surface area contributed by atoms with E-state index in [0.29, 0.717) is 5.69 Å². The van der Waals surface area contributed by atoms with Crippen LogP contribution >= 0.6 is 15.9 Å². The maximum Gasteiger partial charge on any atom is 0.139 e. The van der Waals surface area contributed by atoms with Crippen LogP contribution in [-0.2, 0) is 6.54 Å². The molecule has 1 unspecified atom stereocenters. The van der Waals surface area contributed by atoms with Crippen LogP contribution in [0.1, 0.15) is 28.6 Å². The fraction of sp³-hybridized carbons (Fsp3) is 0.467. The summed E-state index contributed by atoms with van der Waals surface area (Å²) in [4.78, 5) is 6.47. The maximum atomic E-state index is 10.7. The lowest BCUT2D eigenvalue weighted by molar-refractivity contribution is 0.199. The van der Waals surface area contributed by atoms with E-state index in [1.54, 1.807) is 12.4 Å². The SMILES string of the molecule is Cc1cnc(C(O)c2c(Br)cnn2CCN(C)C)c(C)c1. The van der Waals surface area contributed by atoms with Crippen molar-refractivity contribution in [2.75, 3.05) is 20.6 Å². The summed E-state index contributed by atoms with van der Waals surface area (Å²) in [6.07, 6.45) is 2.71. The van der Waals surface area contributed by atoms with Crippen molar-refractivity contribution in [3.05, 3.63) is 45.4 Å². The first-order valence-electron chi connectivity index (χ1n) is 6.87. The molecule has 0 spiro atoms. The van der Waals surface area contributed by atoms with E-state index in [1.807, 2.05) is 38.7 Å². The van der Waals surface area contributed by atoms with Gasteiger partial charge < -0.3 is 10.0 Å². The predicted molar refractivity (Wildman–Crippen MR) is 86.3 cm³/mol. The van der Waals surface area contributed by atoms with Gasteiger partial charge in [-0.15, -0.1) is 0 Å². The van der Waals surface area contributed by atoms with Gasteiger partial charge >= 0.3 is 0 Å². The summed E-state index contributed by atoms with van der Waals surface area (Å²) in [7, 11) is 4.03. The third-order valence-corrected chi connectivity index (χ3v) is 3.98. The monoisotopic (exact) mass is 352 g/mol. The zero-order chi connectivity index (χ0) is 15.6. The van der Waals surface area contributed by atoms with Crippen molar-refractivity contribution in [3.63, 3.8) is 0 Å². The standard InChI is InChI=1S/C15H21BrN4O/c1-10-7-11(2)13(17-8-10)15(21)14-12(16)9-18-20(14)6-5-19(3)4/h7-9,15,21H,5-6H2,1-4H3. The molecule has 21 heavy (non-hydrogen) atoms. The van der Waals surface area contributed by atoms with Crippen molar-refractivity contribution in [3.8, 4) is 0 Å². The minimum absolute atomic E-state index is 0.674. The van der Waals surface area contributed by atoms with Crippen molar-refractivity contribution in [2.24, 2.45) is 0 Å². The molecule has 0 fully saturated rings. The molecular weight excluding hydrogens is 332 g/mol. The number of hydrogen-bond acceptors (Lipinski definition) is 4. The molecular formula is C15H21BrN4O. The minimum Gasteiger partial charge on any atom is -0.380 e. The summed E-state index contributed by atoms with van der Waals surface area (Å²) >= 11 is 3.48. The first-order chi connectivity index (χ1) is 9.90. The Bertz CT molecular complexity index is 624. The van der Waals surface area contributed by atoms with Crippen LogP contribution < -0.4 is 0 Å². The van der Waals surface area contributed by atoms with Crippen LogP contribution in [0.5, 0.6) is 0 Å². The molecule has 0 aliphatic heterocycles. The highest BCUT2D eigenvalue weighted by molar-refractivity contribution is 9.10. The molecule has 0 radical (unpaired) electrons. The number of likely N-dealkylation sites (N-methyl/N-ethyl adjacent to an activating group) is 1. The van der Waals surface area contributed by atoms with Crippen LogP contribution in [-0.4, -0.2) is 45.4 Å². The topological polar surface area (TPSA) is 54.2 Å².